The lowest BCUT2D eigenvalue weighted by molar-refractivity contribution is -0.117. The largest absolute Gasteiger partial charge is 0.309 e. The summed E-state index contributed by atoms with van der Waals surface area (Å²) in [7, 11) is -3.77. The molecule has 1 aliphatic heterocycles. The molecule has 1 fully saturated rings. The summed E-state index contributed by atoms with van der Waals surface area (Å²) in [6.07, 6.45) is -0.144. The van der Waals surface area contributed by atoms with Crippen molar-refractivity contribution in [3.05, 3.63) is 29.6 Å². The van der Waals surface area contributed by atoms with Gasteiger partial charge in [-0.2, -0.15) is 0 Å². The van der Waals surface area contributed by atoms with Crippen molar-refractivity contribution in [1.82, 2.24) is 0 Å². The summed E-state index contributed by atoms with van der Waals surface area (Å²) in [6.45, 7) is -0.114. The van der Waals surface area contributed by atoms with Crippen LogP contribution < -0.4 is 10.0 Å². The average molecular weight is 308 g/mol. The molecule has 0 saturated carbocycles. The molecule has 1 aromatic rings. The predicted molar refractivity (Wildman–Crippen MR) is 64.8 cm³/mol. The SMILES string of the molecule is NS(=O)(=O)CC1CC(=O)N(c2cc(F)c(F)cc2F)C1. The maximum absolute atomic E-state index is 13.6. The molecule has 0 aromatic heterocycles. The maximum atomic E-state index is 13.6. The van der Waals surface area contributed by atoms with Crippen molar-refractivity contribution in [3.8, 4) is 0 Å². The van der Waals surface area contributed by atoms with Crippen molar-refractivity contribution in [2.45, 2.75) is 6.42 Å². The second kappa shape index (κ2) is 5.06. The molecule has 0 bridgehead atoms. The number of anilines is 1. The molecular formula is C11H11F3N2O3S. The van der Waals surface area contributed by atoms with E-state index >= 15 is 0 Å². The van der Waals surface area contributed by atoms with Gasteiger partial charge in [-0.05, 0) is 0 Å². The van der Waals surface area contributed by atoms with Crippen LogP contribution in [0.4, 0.5) is 18.9 Å². The van der Waals surface area contributed by atoms with Gasteiger partial charge in [0.1, 0.15) is 5.82 Å². The molecule has 1 unspecified atom stereocenters. The second-order valence-corrected chi connectivity index (χ2v) is 6.28. The smallest absolute Gasteiger partial charge is 0.227 e. The van der Waals surface area contributed by atoms with Crippen LogP contribution >= 0.6 is 0 Å². The van der Waals surface area contributed by atoms with Crippen LogP contribution in [0, 0.1) is 23.4 Å². The van der Waals surface area contributed by atoms with E-state index in [2.05, 4.69) is 0 Å². The van der Waals surface area contributed by atoms with Gasteiger partial charge in [0.2, 0.25) is 15.9 Å². The van der Waals surface area contributed by atoms with Crippen LogP contribution in [-0.4, -0.2) is 26.6 Å². The molecule has 20 heavy (non-hydrogen) atoms. The Morgan fingerprint density at radius 2 is 1.80 bits per heavy atom. The summed E-state index contributed by atoms with van der Waals surface area (Å²) < 4.78 is 61.5. The van der Waals surface area contributed by atoms with Gasteiger partial charge in [-0.15, -0.1) is 0 Å². The highest BCUT2D eigenvalue weighted by Crippen LogP contribution is 2.29. The van der Waals surface area contributed by atoms with E-state index < -0.39 is 50.7 Å². The van der Waals surface area contributed by atoms with Crippen LogP contribution in [0.5, 0.6) is 0 Å². The van der Waals surface area contributed by atoms with Gasteiger partial charge in [-0.3, -0.25) is 4.79 Å². The normalized spacial score (nSPS) is 19.7. The van der Waals surface area contributed by atoms with E-state index in [0.29, 0.717) is 12.1 Å². The van der Waals surface area contributed by atoms with E-state index in [4.69, 9.17) is 5.14 Å². The van der Waals surface area contributed by atoms with Gasteiger partial charge in [0.05, 0.1) is 11.4 Å². The van der Waals surface area contributed by atoms with Gasteiger partial charge in [-0.1, -0.05) is 0 Å². The number of nitrogens with two attached hydrogens (primary N) is 1. The minimum atomic E-state index is -3.77. The summed E-state index contributed by atoms with van der Waals surface area (Å²) in [5.74, 6) is -5.34. The number of hydrogen-bond donors (Lipinski definition) is 1. The second-order valence-electron chi connectivity index (χ2n) is 4.62. The zero-order valence-electron chi connectivity index (χ0n) is 10.1. The lowest BCUT2D eigenvalue weighted by Gasteiger charge is -2.17. The first-order chi connectivity index (χ1) is 9.17. The highest BCUT2D eigenvalue weighted by atomic mass is 32.2. The molecular weight excluding hydrogens is 297 g/mol. The fraction of sp³-hybridized carbons (Fsp3) is 0.364. The van der Waals surface area contributed by atoms with Crippen LogP contribution in [0.3, 0.4) is 0 Å². The first-order valence-electron chi connectivity index (χ1n) is 5.63. The first kappa shape index (κ1) is 14.8. The standard InChI is InChI=1S/C11H11F3N2O3S/c12-7-2-9(14)10(3-8(7)13)16-4-6(1-11(16)17)5-20(15,18)19/h2-3,6H,1,4-5H2,(H2,15,18,19). The molecule has 1 saturated heterocycles. The number of amides is 1. The summed E-state index contributed by atoms with van der Waals surface area (Å²) in [6, 6.07) is 0.910. The molecule has 5 nitrogen and oxygen atoms in total. The van der Waals surface area contributed by atoms with Crippen LogP contribution in [0.2, 0.25) is 0 Å². The molecule has 2 rings (SSSR count). The maximum Gasteiger partial charge on any atom is 0.227 e. The van der Waals surface area contributed by atoms with Crippen molar-refractivity contribution < 1.29 is 26.4 Å². The van der Waals surface area contributed by atoms with Crippen LogP contribution in [-0.2, 0) is 14.8 Å². The zero-order chi connectivity index (χ0) is 15.1. The summed E-state index contributed by atoms with van der Waals surface area (Å²) in [4.78, 5) is 12.6. The lowest BCUT2D eigenvalue weighted by atomic mass is 10.1. The molecule has 1 aliphatic rings. The fourth-order valence-corrected chi connectivity index (χ4v) is 3.05. The van der Waals surface area contributed by atoms with Crippen LogP contribution in [0.1, 0.15) is 6.42 Å². The molecule has 0 radical (unpaired) electrons. The molecule has 2 N–H and O–H groups in total. The predicted octanol–water partition coefficient (Wildman–Crippen LogP) is 0.745. The van der Waals surface area contributed by atoms with E-state index in [0.717, 1.165) is 4.90 Å². The van der Waals surface area contributed by atoms with E-state index in [9.17, 15) is 26.4 Å². The Bertz CT molecular complexity index is 663. The summed E-state index contributed by atoms with van der Waals surface area (Å²) >= 11 is 0. The molecule has 1 amide bonds. The van der Waals surface area contributed by atoms with Crippen molar-refractivity contribution in [2.24, 2.45) is 11.1 Å². The third-order valence-electron chi connectivity index (χ3n) is 2.95. The Morgan fingerprint density at radius 1 is 1.20 bits per heavy atom. The first-order valence-corrected chi connectivity index (χ1v) is 7.34. The third-order valence-corrected chi connectivity index (χ3v) is 3.89. The molecule has 1 aromatic carbocycles. The summed E-state index contributed by atoms with van der Waals surface area (Å²) in [5, 5.41) is 4.88. The van der Waals surface area contributed by atoms with Crippen molar-refractivity contribution in [3.63, 3.8) is 0 Å². The molecule has 1 atom stereocenters. The third kappa shape index (κ3) is 3.10. The molecule has 1 heterocycles. The highest BCUT2D eigenvalue weighted by Gasteiger charge is 2.34. The van der Waals surface area contributed by atoms with Gasteiger partial charge in [0.15, 0.2) is 11.6 Å². The Balaban J connectivity index is 2.26. The average Bonchev–Trinajstić information content (AvgIpc) is 2.62. The van der Waals surface area contributed by atoms with Gasteiger partial charge < -0.3 is 4.90 Å². The molecule has 9 heteroatoms. The van der Waals surface area contributed by atoms with Gasteiger partial charge >= 0.3 is 0 Å². The zero-order valence-corrected chi connectivity index (χ0v) is 11.0. The Morgan fingerprint density at radius 3 is 2.40 bits per heavy atom. The van der Waals surface area contributed by atoms with E-state index in [1.165, 1.54) is 0 Å². The number of benzene rings is 1. The fourth-order valence-electron chi connectivity index (χ4n) is 2.17. The van der Waals surface area contributed by atoms with Crippen molar-refractivity contribution in [2.75, 3.05) is 17.2 Å². The number of sulfonamides is 1. The number of rotatable bonds is 3. The Hall–Kier alpha value is -1.61. The highest BCUT2D eigenvalue weighted by molar-refractivity contribution is 7.89. The molecule has 0 aliphatic carbocycles. The number of carbonyl (C=O) groups excluding carboxylic acids is 1. The van der Waals surface area contributed by atoms with E-state index in [-0.39, 0.29) is 13.0 Å². The van der Waals surface area contributed by atoms with Gasteiger partial charge in [0, 0.05) is 31.0 Å². The Kier molecular flexibility index (Phi) is 3.74. The molecule has 0 spiro atoms. The number of nitrogens with zero attached hydrogens (tertiary/aromatic N) is 1. The topological polar surface area (TPSA) is 80.5 Å². The number of halogens is 3. The lowest BCUT2D eigenvalue weighted by Crippen LogP contribution is -2.28. The summed E-state index contributed by atoms with van der Waals surface area (Å²) in [5.41, 5.74) is -0.411. The Labute approximate surface area is 113 Å². The monoisotopic (exact) mass is 308 g/mol. The van der Waals surface area contributed by atoms with Crippen LogP contribution in [0.15, 0.2) is 12.1 Å². The van der Waals surface area contributed by atoms with Crippen molar-refractivity contribution >= 4 is 21.6 Å². The van der Waals surface area contributed by atoms with Gasteiger partial charge in [-0.25, -0.2) is 26.7 Å². The van der Waals surface area contributed by atoms with Crippen molar-refractivity contribution in [1.29, 1.82) is 0 Å². The van der Waals surface area contributed by atoms with E-state index in [1.807, 2.05) is 0 Å². The number of primary sulfonamides is 1. The van der Waals surface area contributed by atoms with Crippen LogP contribution in [0.25, 0.3) is 0 Å². The number of hydrogen-bond acceptors (Lipinski definition) is 3. The minimum absolute atomic E-state index is 0.114. The van der Waals surface area contributed by atoms with Gasteiger partial charge in [0.25, 0.3) is 0 Å². The molecule has 110 valence electrons. The van der Waals surface area contributed by atoms with E-state index in [1.54, 1.807) is 0 Å². The quantitative estimate of drug-likeness (QED) is 0.837. The minimum Gasteiger partial charge on any atom is -0.309 e. The number of carbonyl (C=O) groups is 1.